The van der Waals surface area contributed by atoms with E-state index in [-0.39, 0.29) is 11.6 Å². The molecule has 5 heteroatoms. The molecule has 0 fully saturated rings. The number of halogens is 2. The summed E-state index contributed by atoms with van der Waals surface area (Å²) in [6.07, 6.45) is 0.468. The minimum absolute atomic E-state index is 0.0456. The van der Waals surface area contributed by atoms with Crippen LogP contribution in [0.25, 0.3) is 0 Å². The molecular weight excluding hydrogens is 299 g/mol. The molecule has 1 heterocycles. The van der Waals surface area contributed by atoms with Crippen LogP contribution in [0.1, 0.15) is 16.9 Å². The van der Waals surface area contributed by atoms with Gasteiger partial charge in [0, 0.05) is 28.3 Å². The lowest BCUT2D eigenvalue weighted by atomic mass is 10.3. The van der Waals surface area contributed by atoms with Gasteiger partial charge in [0.05, 0.1) is 11.6 Å². The van der Waals surface area contributed by atoms with Gasteiger partial charge in [-0.2, -0.15) is 0 Å². The van der Waals surface area contributed by atoms with Gasteiger partial charge in [0.1, 0.15) is 18.2 Å². The van der Waals surface area contributed by atoms with E-state index in [0.717, 1.165) is 10.4 Å². The SMILES string of the molecule is OCCC#Cc1csc(COc2ccc(F)c(Cl)c2)c1. The fourth-order valence-corrected chi connectivity index (χ4v) is 2.36. The molecule has 0 saturated heterocycles. The van der Waals surface area contributed by atoms with Crippen molar-refractivity contribution in [1.82, 2.24) is 0 Å². The molecule has 2 aromatic rings. The largest absolute Gasteiger partial charge is 0.488 e. The van der Waals surface area contributed by atoms with Gasteiger partial charge >= 0.3 is 0 Å². The Balaban J connectivity index is 1.94. The Hall–Kier alpha value is -1.54. The lowest BCUT2D eigenvalue weighted by molar-refractivity contribution is 0.305. The van der Waals surface area contributed by atoms with Crippen molar-refractivity contribution in [2.75, 3.05) is 6.61 Å². The van der Waals surface area contributed by atoms with Gasteiger partial charge in [0.15, 0.2) is 0 Å². The van der Waals surface area contributed by atoms with Gasteiger partial charge in [-0.05, 0) is 18.2 Å². The van der Waals surface area contributed by atoms with Gasteiger partial charge in [-0.25, -0.2) is 4.39 Å². The molecule has 104 valence electrons. The zero-order valence-electron chi connectivity index (χ0n) is 10.5. The molecule has 0 radical (unpaired) electrons. The molecule has 0 aliphatic rings. The van der Waals surface area contributed by atoms with E-state index >= 15 is 0 Å². The van der Waals surface area contributed by atoms with Crippen molar-refractivity contribution >= 4 is 22.9 Å². The number of hydrogen-bond acceptors (Lipinski definition) is 3. The van der Waals surface area contributed by atoms with E-state index in [0.29, 0.717) is 18.8 Å². The topological polar surface area (TPSA) is 29.5 Å². The van der Waals surface area contributed by atoms with E-state index in [2.05, 4.69) is 11.8 Å². The monoisotopic (exact) mass is 310 g/mol. The standard InChI is InChI=1S/C15H12ClFO2S/c16-14-8-12(4-5-15(14)17)19-9-13-7-11(10-20-13)3-1-2-6-18/h4-5,7-8,10,18H,2,6,9H2. The molecule has 0 unspecified atom stereocenters. The van der Waals surface area contributed by atoms with Crippen LogP contribution in [0.4, 0.5) is 4.39 Å². The molecule has 0 aliphatic carbocycles. The average molecular weight is 311 g/mol. The van der Waals surface area contributed by atoms with Crippen molar-refractivity contribution in [2.24, 2.45) is 0 Å². The maximum atomic E-state index is 13.0. The van der Waals surface area contributed by atoms with E-state index in [9.17, 15) is 4.39 Å². The molecule has 0 aliphatic heterocycles. The van der Waals surface area contributed by atoms with Crippen molar-refractivity contribution in [3.8, 4) is 17.6 Å². The maximum Gasteiger partial charge on any atom is 0.142 e. The number of thiophene rings is 1. The van der Waals surface area contributed by atoms with Crippen molar-refractivity contribution in [1.29, 1.82) is 0 Å². The normalized spacial score (nSPS) is 9.95. The van der Waals surface area contributed by atoms with Crippen LogP contribution >= 0.6 is 22.9 Å². The van der Waals surface area contributed by atoms with E-state index < -0.39 is 5.82 Å². The van der Waals surface area contributed by atoms with Crippen LogP contribution in [0.5, 0.6) is 5.75 Å². The Morgan fingerprint density at radius 2 is 2.20 bits per heavy atom. The highest BCUT2D eigenvalue weighted by molar-refractivity contribution is 7.10. The molecule has 0 spiro atoms. The first-order valence-electron chi connectivity index (χ1n) is 5.94. The minimum Gasteiger partial charge on any atom is -0.488 e. The fourth-order valence-electron chi connectivity index (χ4n) is 1.46. The van der Waals surface area contributed by atoms with Crippen molar-refractivity contribution in [3.63, 3.8) is 0 Å². The van der Waals surface area contributed by atoms with Gasteiger partial charge < -0.3 is 9.84 Å². The number of benzene rings is 1. The summed E-state index contributed by atoms with van der Waals surface area (Å²) >= 11 is 7.22. The summed E-state index contributed by atoms with van der Waals surface area (Å²) in [6.45, 7) is 0.451. The summed E-state index contributed by atoms with van der Waals surface area (Å²) in [5.41, 5.74) is 0.902. The zero-order valence-corrected chi connectivity index (χ0v) is 12.1. The maximum absolute atomic E-state index is 13.0. The van der Waals surface area contributed by atoms with E-state index in [4.69, 9.17) is 21.4 Å². The van der Waals surface area contributed by atoms with E-state index in [1.54, 1.807) is 0 Å². The molecule has 2 rings (SSSR count). The Morgan fingerprint density at radius 1 is 1.35 bits per heavy atom. The second kappa shape index (κ2) is 7.30. The first kappa shape index (κ1) is 14.9. The highest BCUT2D eigenvalue weighted by Gasteiger charge is 2.03. The van der Waals surface area contributed by atoms with Crippen LogP contribution in [-0.2, 0) is 6.61 Å². The molecule has 0 atom stereocenters. The molecule has 1 N–H and O–H groups in total. The molecule has 1 aromatic heterocycles. The third-order valence-electron chi connectivity index (χ3n) is 2.40. The Labute approximate surface area is 125 Å². The van der Waals surface area contributed by atoms with Crippen LogP contribution < -0.4 is 4.74 Å². The quantitative estimate of drug-likeness (QED) is 0.869. The molecular formula is C15H12ClFO2S. The lowest BCUT2D eigenvalue weighted by Crippen LogP contribution is -1.93. The summed E-state index contributed by atoms with van der Waals surface area (Å²) in [6, 6.07) is 6.20. The minimum atomic E-state index is -0.461. The van der Waals surface area contributed by atoms with Crippen LogP contribution in [0.15, 0.2) is 29.6 Å². The lowest BCUT2D eigenvalue weighted by Gasteiger charge is -2.04. The molecule has 2 nitrogen and oxygen atoms in total. The first-order chi connectivity index (χ1) is 9.69. The van der Waals surface area contributed by atoms with Crippen LogP contribution in [0.3, 0.4) is 0 Å². The summed E-state index contributed by atoms with van der Waals surface area (Å²) in [7, 11) is 0. The molecule has 0 bridgehead atoms. The second-order valence-electron chi connectivity index (χ2n) is 3.94. The number of ether oxygens (including phenoxy) is 1. The molecule has 0 amide bonds. The third-order valence-corrected chi connectivity index (χ3v) is 3.60. The number of hydrogen-bond donors (Lipinski definition) is 1. The van der Waals surface area contributed by atoms with Gasteiger partial charge in [0.2, 0.25) is 0 Å². The number of aliphatic hydroxyl groups excluding tert-OH is 1. The van der Waals surface area contributed by atoms with E-state index in [1.807, 2.05) is 11.4 Å². The van der Waals surface area contributed by atoms with Crippen molar-refractivity contribution in [2.45, 2.75) is 13.0 Å². The number of aliphatic hydroxyl groups is 1. The van der Waals surface area contributed by atoms with Crippen LogP contribution in [0, 0.1) is 17.7 Å². The molecule has 1 aromatic carbocycles. The van der Waals surface area contributed by atoms with Gasteiger partial charge in [-0.3, -0.25) is 0 Å². The Kier molecular flexibility index (Phi) is 5.42. The van der Waals surface area contributed by atoms with Gasteiger partial charge in [0.25, 0.3) is 0 Å². The zero-order chi connectivity index (χ0) is 14.4. The third kappa shape index (κ3) is 4.24. The highest BCUT2D eigenvalue weighted by atomic mass is 35.5. The Bertz CT molecular complexity index is 643. The smallest absolute Gasteiger partial charge is 0.142 e. The van der Waals surface area contributed by atoms with Crippen molar-refractivity contribution in [3.05, 3.63) is 50.9 Å². The predicted molar refractivity (Wildman–Crippen MR) is 78.6 cm³/mol. The van der Waals surface area contributed by atoms with Crippen LogP contribution in [0.2, 0.25) is 5.02 Å². The fraction of sp³-hybridized carbons (Fsp3) is 0.200. The summed E-state index contributed by atoms with van der Waals surface area (Å²) in [5, 5.41) is 10.6. The highest BCUT2D eigenvalue weighted by Crippen LogP contribution is 2.23. The predicted octanol–water partition coefficient (Wildman–Crippen LogP) is 3.85. The van der Waals surface area contributed by atoms with Crippen LogP contribution in [-0.4, -0.2) is 11.7 Å². The number of rotatable bonds is 4. The molecule has 20 heavy (non-hydrogen) atoms. The summed E-state index contributed by atoms with van der Waals surface area (Å²) in [5.74, 6) is 5.88. The van der Waals surface area contributed by atoms with Crippen molar-refractivity contribution < 1.29 is 14.2 Å². The summed E-state index contributed by atoms with van der Waals surface area (Å²) in [4.78, 5) is 1.01. The second-order valence-corrected chi connectivity index (χ2v) is 5.34. The molecule has 0 saturated carbocycles. The van der Waals surface area contributed by atoms with Gasteiger partial charge in [-0.1, -0.05) is 23.4 Å². The van der Waals surface area contributed by atoms with Gasteiger partial charge in [-0.15, -0.1) is 11.3 Å². The Morgan fingerprint density at radius 3 is 2.95 bits per heavy atom. The first-order valence-corrected chi connectivity index (χ1v) is 7.20. The van der Waals surface area contributed by atoms with E-state index in [1.165, 1.54) is 29.5 Å². The average Bonchev–Trinajstić information content (AvgIpc) is 2.88. The summed E-state index contributed by atoms with van der Waals surface area (Å²) < 4.78 is 18.5.